The minimum absolute atomic E-state index is 0.0430. The van der Waals surface area contributed by atoms with Gasteiger partial charge in [-0.15, -0.1) is 11.8 Å². The number of carbonyl (C=O) groups excluding carboxylic acids is 1. The number of hydrogen-bond donors (Lipinski definition) is 2. The Hall–Kier alpha value is -1.00. The fraction of sp³-hybridized carbons (Fsp3) is 0.500. The van der Waals surface area contributed by atoms with Crippen molar-refractivity contribution < 1.29 is 4.79 Å². The van der Waals surface area contributed by atoms with Crippen LogP contribution in [0, 0.1) is 11.8 Å². The zero-order valence-corrected chi connectivity index (χ0v) is 12.1. The molecule has 1 unspecified atom stereocenters. The monoisotopic (exact) mass is 266 g/mol. The Kier molecular flexibility index (Phi) is 6.22. The van der Waals surface area contributed by atoms with Gasteiger partial charge in [-0.3, -0.25) is 4.79 Å². The topological polar surface area (TPSA) is 55.1 Å². The second-order valence-corrected chi connectivity index (χ2v) is 5.53. The fourth-order valence-electron chi connectivity index (χ4n) is 1.75. The first kappa shape index (κ1) is 15.1. The molecule has 0 aliphatic heterocycles. The third kappa shape index (κ3) is 4.35. The van der Waals surface area contributed by atoms with Gasteiger partial charge in [0.15, 0.2) is 0 Å². The van der Waals surface area contributed by atoms with Crippen molar-refractivity contribution in [2.24, 2.45) is 17.6 Å². The van der Waals surface area contributed by atoms with Gasteiger partial charge in [0.2, 0.25) is 5.91 Å². The number of rotatable bonds is 6. The van der Waals surface area contributed by atoms with Crippen molar-refractivity contribution in [1.82, 2.24) is 5.32 Å². The van der Waals surface area contributed by atoms with Crippen molar-refractivity contribution in [1.29, 1.82) is 0 Å². The number of hydrogen-bond acceptors (Lipinski definition) is 3. The van der Waals surface area contributed by atoms with Gasteiger partial charge >= 0.3 is 0 Å². The van der Waals surface area contributed by atoms with Crippen molar-refractivity contribution in [3.8, 4) is 0 Å². The van der Waals surface area contributed by atoms with Crippen molar-refractivity contribution in [3.05, 3.63) is 29.8 Å². The molecule has 0 spiro atoms. The number of thioether (sulfide) groups is 1. The molecule has 4 heteroatoms. The highest BCUT2D eigenvalue weighted by molar-refractivity contribution is 7.98. The molecule has 0 heterocycles. The van der Waals surface area contributed by atoms with Crippen LogP contribution < -0.4 is 11.1 Å². The molecule has 1 rings (SSSR count). The largest absolute Gasteiger partial charge is 0.352 e. The quantitative estimate of drug-likeness (QED) is 0.777. The van der Waals surface area contributed by atoms with Gasteiger partial charge in [0.1, 0.15) is 0 Å². The third-order valence-electron chi connectivity index (χ3n) is 3.02. The Morgan fingerprint density at radius 3 is 2.39 bits per heavy atom. The summed E-state index contributed by atoms with van der Waals surface area (Å²) in [5, 5.41) is 2.94. The first-order valence-corrected chi connectivity index (χ1v) is 7.41. The van der Waals surface area contributed by atoms with E-state index in [2.05, 4.69) is 17.4 Å². The maximum Gasteiger partial charge on any atom is 0.224 e. The van der Waals surface area contributed by atoms with Gasteiger partial charge in [0.25, 0.3) is 0 Å². The summed E-state index contributed by atoms with van der Waals surface area (Å²) < 4.78 is 0. The first-order valence-electron chi connectivity index (χ1n) is 6.19. The minimum Gasteiger partial charge on any atom is -0.352 e. The second-order valence-electron chi connectivity index (χ2n) is 4.65. The van der Waals surface area contributed by atoms with Crippen LogP contribution in [0.2, 0.25) is 0 Å². The van der Waals surface area contributed by atoms with E-state index in [1.54, 1.807) is 11.8 Å². The average molecular weight is 266 g/mol. The zero-order valence-electron chi connectivity index (χ0n) is 11.3. The van der Waals surface area contributed by atoms with Gasteiger partial charge in [0, 0.05) is 18.0 Å². The average Bonchev–Trinajstić information content (AvgIpc) is 2.37. The summed E-state index contributed by atoms with van der Waals surface area (Å²) in [7, 11) is 0. The number of nitrogens with two attached hydrogens (primary N) is 1. The maximum atomic E-state index is 11.9. The lowest BCUT2D eigenvalue weighted by atomic mass is 9.95. The van der Waals surface area contributed by atoms with E-state index in [4.69, 9.17) is 5.73 Å². The van der Waals surface area contributed by atoms with Crippen LogP contribution in [-0.2, 0) is 11.3 Å². The van der Waals surface area contributed by atoms with Crippen LogP contribution in [0.15, 0.2) is 29.2 Å². The molecule has 0 saturated heterocycles. The van der Waals surface area contributed by atoms with Crippen LogP contribution in [0.1, 0.15) is 19.4 Å². The van der Waals surface area contributed by atoms with Gasteiger partial charge in [-0.1, -0.05) is 26.0 Å². The molecule has 1 aromatic carbocycles. The Labute approximate surface area is 114 Å². The van der Waals surface area contributed by atoms with Crippen LogP contribution in [0.25, 0.3) is 0 Å². The van der Waals surface area contributed by atoms with Crippen LogP contribution >= 0.6 is 11.8 Å². The van der Waals surface area contributed by atoms with Gasteiger partial charge < -0.3 is 11.1 Å². The number of carbonyl (C=O) groups is 1. The van der Waals surface area contributed by atoms with E-state index in [-0.39, 0.29) is 17.7 Å². The first-order chi connectivity index (χ1) is 8.58. The number of benzene rings is 1. The highest BCUT2D eigenvalue weighted by Crippen LogP contribution is 2.15. The predicted molar refractivity (Wildman–Crippen MR) is 77.5 cm³/mol. The normalized spacial score (nSPS) is 12.5. The van der Waals surface area contributed by atoms with Crippen LogP contribution in [0.4, 0.5) is 0 Å². The molecule has 18 heavy (non-hydrogen) atoms. The lowest BCUT2D eigenvalue weighted by Gasteiger charge is -2.18. The molecule has 0 aromatic heterocycles. The summed E-state index contributed by atoms with van der Waals surface area (Å²) in [5.74, 6) is 0.214. The van der Waals surface area contributed by atoms with Gasteiger partial charge in [-0.05, 0) is 29.9 Å². The van der Waals surface area contributed by atoms with E-state index in [1.807, 2.05) is 32.2 Å². The summed E-state index contributed by atoms with van der Waals surface area (Å²) in [4.78, 5) is 13.1. The van der Waals surface area contributed by atoms with Crippen molar-refractivity contribution in [2.75, 3.05) is 12.8 Å². The Morgan fingerprint density at radius 1 is 1.33 bits per heavy atom. The third-order valence-corrected chi connectivity index (χ3v) is 3.76. The van der Waals surface area contributed by atoms with Crippen molar-refractivity contribution >= 4 is 17.7 Å². The molecular weight excluding hydrogens is 244 g/mol. The lowest BCUT2D eigenvalue weighted by molar-refractivity contribution is -0.126. The van der Waals surface area contributed by atoms with Crippen molar-refractivity contribution in [2.45, 2.75) is 25.3 Å². The summed E-state index contributed by atoms with van der Waals surface area (Å²) in [6.45, 7) is 5.00. The van der Waals surface area contributed by atoms with Crippen LogP contribution in [0.3, 0.4) is 0 Å². The Bertz CT molecular complexity index is 376. The van der Waals surface area contributed by atoms with E-state index in [1.165, 1.54) is 4.90 Å². The molecule has 3 N–H and O–H groups in total. The highest BCUT2D eigenvalue weighted by Gasteiger charge is 2.19. The zero-order chi connectivity index (χ0) is 13.5. The van der Waals surface area contributed by atoms with Crippen LogP contribution in [0.5, 0.6) is 0 Å². The molecule has 0 fully saturated rings. The molecule has 0 aliphatic rings. The molecule has 3 nitrogen and oxygen atoms in total. The predicted octanol–water partition coefficient (Wildman–Crippen LogP) is 2.26. The molecule has 1 atom stereocenters. The van der Waals surface area contributed by atoms with E-state index in [0.29, 0.717) is 13.1 Å². The molecule has 0 radical (unpaired) electrons. The standard InChI is InChI=1S/C14H22N2OS/c1-10(2)13(8-15)14(17)16-9-11-4-6-12(18-3)7-5-11/h4-7,10,13H,8-9,15H2,1-3H3,(H,16,17). The molecule has 0 aliphatic carbocycles. The van der Waals surface area contributed by atoms with E-state index in [9.17, 15) is 4.79 Å². The molecule has 1 aromatic rings. The van der Waals surface area contributed by atoms with Gasteiger partial charge in [-0.2, -0.15) is 0 Å². The molecular formula is C14H22N2OS. The number of amides is 1. The molecule has 0 bridgehead atoms. The lowest BCUT2D eigenvalue weighted by Crippen LogP contribution is -2.37. The number of nitrogens with one attached hydrogen (secondary N) is 1. The summed E-state index contributed by atoms with van der Waals surface area (Å²) in [6.07, 6.45) is 2.05. The highest BCUT2D eigenvalue weighted by atomic mass is 32.2. The van der Waals surface area contributed by atoms with Gasteiger partial charge in [-0.25, -0.2) is 0 Å². The minimum atomic E-state index is -0.101. The summed E-state index contributed by atoms with van der Waals surface area (Å²) in [5.41, 5.74) is 6.73. The fourth-order valence-corrected chi connectivity index (χ4v) is 2.15. The van der Waals surface area contributed by atoms with Gasteiger partial charge in [0.05, 0.1) is 5.92 Å². The Balaban J connectivity index is 2.51. The van der Waals surface area contributed by atoms with E-state index in [0.717, 1.165) is 5.56 Å². The molecule has 100 valence electrons. The smallest absolute Gasteiger partial charge is 0.224 e. The summed E-state index contributed by atoms with van der Waals surface area (Å²) >= 11 is 1.71. The second kappa shape index (κ2) is 7.44. The van der Waals surface area contributed by atoms with E-state index < -0.39 is 0 Å². The molecule has 1 amide bonds. The van der Waals surface area contributed by atoms with E-state index >= 15 is 0 Å². The Morgan fingerprint density at radius 2 is 1.94 bits per heavy atom. The maximum absolute atomic E-state index is 11.9. The molecule has 0 saturated carbocycles. The van der Waals surface area contributed by atoms with Crippen molar-refractivity contribution in [3.63, 3.8) is 0 Å². The SMILES string of the molecule is CSc1ccc(CNC(=O)C(CN)C(C)C)cc1. The van der Waals surface area contributed by atoms with Crippen LogP contribution in [-0.4, -0.2) is 18.7 Å². The summed E-state index contributed by atoms with van der Waals surface area (Å²) in [6, 6.07) is 8.21.